The predicted molar refractivity (Wildman–Crippen MR) is 119 cm³/mol. The van der Waals surface area contributed by atoms with Crippen molar-refractivity contribution in [2.45, 2.75) is 33.2 Å². The first kappa shape index (κ1) is 20.2. The van der Waals surface area contributed by atoms with E-state index in [9.17, 15) is 4.79 Å². The van der Waals surface area contributed by atoms with Gasteiger partial charge in [0.2, 0.25) is 0 Å². The van der Waals surface area contributed by atoms with E-state index in [0.717, 1.165) is 40.3 Å². The fourth-order valence-corrected chi connectivity index (χ4v) is 4.61. The highest BCUT2D eigenvalue weighted by Crippen LogP contribution is 2.37. The predicted octanol–water partition coefficient (Wildman–Crippen LogP) is 2.78. The molecule has 4 aromatic rings. The first-order valence-corrected chi connectivity index (χ1v) is 10.7. The van der Waals surface area contributed by atoms with E-state index in [-0.39, 0.29) is 11.9 Å². The standard InChI is InChI=1S/C23H26N8O/c1-14-10-17(12-18(11-14)31-24-7-8-25-31)23(32)30-9-6-19-21(16(30)3)27-29(5)22(19)20-13-26-28(4)15(20)2/h7-8,10-13,16H,6,9H2,1-5H3/t16-/m0/s1. The number of benzene rings is 1. The van der Waals surface area contributed by atoms with E-state index in [0.29, 0.717) is 12.1 Å². The Morgan fingerprint density at radius 3 is 2.47 bits per heavy atom. The molecule has 4 heterocycles. The number of hydrogen-bond acceptors (Lipinski definition) is 5. The van der Waals surface area contributed by atoms with Gasteiger partial charge in [-0.25, -0.2) is 0 Å². The zero-order chi connectivity index (χ0) is 22.6. The zero-order valence-corrected chi connectivity index (χ0v) is 18.9. The number of carbonyl (C=O) groups is 1. The summed E-state index contributed by atoms with van der Waals surface area (Å²) in [5, 5.41) is 17.6. The van der Waals surface area contributed by atoms with Crippen LogP contribution in [-0.4, -0.2) is 51.9 Å². The third kappa shape index (κ3) is 3.12. The molecular formula is C23H26N8O. The first-order valence-electron chi connectivity index (χ1n) is 10.7. The monoisotopic (exact) mass is 430 g/mol. The van der Waals surface area contributed by atoms with Gasteiger partial charge < -0.3 is 4.90 Å². The van der Waals surface area contributed by atoms with Gasteiger partial charge in [-0.2, -0.15) is 25.2 Å². The Balaban J connectivity index is 1.49. The Morgan fingerprint density at radius 2 is 1.78 bits per heavy atom. The van der Waals surface area contributed by atoms with E-state index in [1.807, 2.05) is 59.7 Å². The molecule has 0 fully saturated rings. The summed E-state index contributed by atoms with van der Waals surface area (Å²) in [5.74, 6) is -0.00924. The number of nitrogens with zero attached hydrogens (tertiary/aromatic N) is 8. The van der Waals surface area contributed by atoms with Crippen LogP contribution in [0.2, 0.25) is 0 Å². The van der Waals surface area contributed by atoms with Gasteiger partial charge in [0, 0.05) is 43.0 Å². The summed E-state index contributed by atoms with van der Waals surface area (Å²) in [4.78, 5) is 17.0. The normalized spacial score (nSPS) is 15.8. The SMILES string of the molecule is Cc1cc(C(=O)N2CCc3c(nn(C)c3-c3cnn(C)c3C)[C@@H]2C)cc(-n2nccn2)c1. The van der Waals surface area contributed by atoms with Gasteiger partial charge in [0.25, 0.3) is 5.91 Å². The van der Waals surface area contributed by atoms with Gasteiger partial charge in [0.15, 0.2) is 0 Å². The van der Waals surface area contributed by atoms with Crippen LogP contribution in [0.3, 0.4) is 0 Å². The molecule has 9 nitrogen and oxygen atoms in total. The van der Waals surface area contributed by atoms with Gasteiger partial charge in [-0.15, -0.1) is 0 Å². The maximum absolute atomic E-state index is 13.5. The number of rotatable bonds is 3. The van der Waals surface area contributed by atoms with Crippen molar-refractivity contribution >= 4 is 5.91 Å². The van der Waals surface area contributed by atoms with Crippen LogP contribution in [0, 0.1) is 13.8 Å². The fourth-order valence-electron chi connectivity index (χ4n) is 4.61. The maximum Gasteiger partial charge on any atom is 0.254 e. The summed E-state index contributed by atoms with van der Waals surface area (Å²) < 4.78 is 3.80. The Morgan fingerprint density at radius 1 is 1.03 bits per heavy atom. The van der Waals surface area contributed by atoms with E-state index >= 15 is 0 Å². The van der Waals surface area contributed by atoms with E-state index < -0.39 is 0 Å². The van der Waals surface area contributed by atoms with Gasteiger partial charge in [-0.3, -0.25) is 14.2 Å². The van der Waals surface area contributed by atoms with Gasteiger partial charge in [-0.05, 0) is 51.0 Å². The molecule has 0 radical (unpaired) electrons. The lowest BCUT2D eigenvalue weighted by molar-refractivity contribution is 0.0673. The second-order valence-corrected chi connectivity index (χ2v) is 8.40. The number of aromatic nitrogens is 7. The van der Waals surface area contributed by atoms with E-state index in [1.54, 1.807) is 12.4 Å². The van der Waals surface area contributed by atoms with Crippen LogP contribution in [0.1, 0.15) is 45.8 Å². The quantitative estimate of drug-likeness (QED) is 0.499. The van der Waals surface area contributed by atoms with Crippen LogP contribution in [0.15, 0.2) is 36.8 Å². The lowest BCUT2D eigenvalue weighted by Gasteiger charge is -2.33. The second kappa shape index (κ2) is 7.44. The zero-order valence-electron chi connectivity index (χ0n) is 18.9. The second-order valence-electron chi connectivity index (χ2n) is 8.40. The topological polar surface area (TPSA) is 86.7 Å². The summed E-state index contributed by atoms with van der Waals surface area (Å²) in [6.45, 7) is 6.72. The molecule has 0 N–H and O–H groups in total. The Labute approximate surface area is 186 Å². The minimum Gasteiger partial charge on any atom is -0.330 e. The molecule has 32 heavy (non-hydrogen) atoms. The summed E-state index contributed by atoms with van der Waals surface area (Å²) in [7, 11) is 3.91. The highest BCUT2D eigenvalue weighted by Gasteiger charge is 2.34. The van der Waals surface area contributed by atoms with Crippen LogP contribution in [0.4, 0.5) is 0 Å². The van der Waals surface area contributed by atoms with E-state index in [4.69, 9.17) is 5.10 Å². The van der Waals surface area contributed by atoms with Crippen molar-refractivity contribution in [3.63, 3.8) is 0 Å². The Hall–Kier alpha value is -3.75. The molecule has 1 aliphatic rings. The average Bonchev–Trinajstić information content (AvgIpc) is 3.49. The maximum atomic E-state index is 13.5. The summed E-state index contributed by atoms with van der Waals surface area (Å²) in [6, 6.07) is 5.60. The van der Waals surface area contributed by atoms with Crippen LogP contribution >= 0.6 is 0 Å². The largest absolute Gasteiger partial charge is 0.330 e. The molecule has 1 aliphatic heterocycles. The van der Waals surface area contributed by atoms with Gasteiger partial charge in [0.1, 0.15) is 0 Å². The number of fused-ring (bicyclic) bond motifs is 1. The molecular weight excluding hydrogens is 404 g/mol. The summed E-state index contributed by atoms with van der Waals surface area (Å²) >= 11 is 0. The number of carbonyl (C=O) groups excluding carboxylic acids is 1. The highest BCUT2D eigenvalue weighted by atomic mass is 16.2. The number of hydrogen-bond donors (Lipinski definition) is 0. The van der Waals surface area contributed by atoms with E-state index in [1.165, 1.54) is 10.4 Å². The molecule has 0 spiro atoms. The third-order valence-electron chi connectivity index (χ3n) is 6.35. The summed E-state index contributed by atoms with van der Waals surface area (Å²) in [5.41, 5.74) is 7.82. The van der Waals surface area contributed by atoms with Crippen molar-refractivity contribution in [2.75, 3.05) is 6.54 Å². The molecule has 0 saturated heterocycles. The lowest BCUT2D eigenvalue weighted by Crippen LogP contribution is -2.39. The lowest BCUT2D eigenvalue weighted by atomic mass is 9.95. The molecule has 1 amide bonds. The molecule has 3 aromatic heterocycles. The molecule has 0 unspecified atom stereocenters. The fraction of sp³-hybridized carbons (Fsp3) is 0.348. The molecule has 5 rings (SSSR count). The minimum absolute atomic E-state index is 0.00924. The van der Waals surface area contributed by atoms with Gasteiger partial charge in [0.05, 0.1) is 41.7 Å². The van der Waals surface area contributed by atoms with E-state index in [2.05, 4.69) is 29.1 Å². The summed E-state index contributed by atoms with van der Waals surface area (Å²) in [6.07, 6.45) is 5.90. The third-order valence-corrected chi connectivity index (χ3v) is 6.35. The molecule has 1 atom stereocenters. The molecule has 0 bridgehead atoms. The number of amides is 1. The molecule has 1 aromatic carbocycles. The van der Waals surface area contributed by atoms with Crippen LogP contribution in [0.5, 0.6) is 0 Å². The molecule has 0 aliphatic carbocycles. The minimum atomic E-state index is -0.130. The first-order chi connectivity index (χ1) is 15.3. The Bertz CT molecular complexity index is 1310. The molecule has 164 valence electrons. The Kier molecular flexibility index (Phi) is 4.69. The van der Waals surface area contributed by atoms with Crippen molar-refractivity contribution in [2.24, 2.45) is 14.1 Å². The average molecular weight is 431 g/mol. The number of aryl methyl sites for hydroxylation is 3. The van der Waals surface area contributed by atoms with Crippen LogP contribution in [0.25, 0.3) is 16.9 Å². The smallest absolute Gasteiger partial charge is 0.254 e. The molecule has 9 heteroatoms. The van der Waals surface area contributed by atoms with Crippen molar-refractivity contribution in [1.29, 1.82) is 0 Å². The van der Waals surface area contributed by atoms with Crippen molar-refractivity contribution in [3.8, 4) is 16.9 Å². The van der Waals surface area contributed by atoms with Crippen molar-refractivity contribution in [3.05, 3.63) is 64.9 Å². The van der Waals surface area contributed by atoms with Crippen molar-refractivity contribution < 1.29 is 4.79 Å². The van der Waals surface area contributed by atoms with Gasteiger partial charge >= 0.3 is 0 Å². The van der Waals surface area contributed by atoms with Crippen molar-refractivity contribution in [1.82, 2.24) is 39.5 Å². The molecule has 0 saturated carbocycles. The highest BCUT2D eigenvalue weighted by molar-refractivity contribution is 5.95. The van der Waals surface area contributed by atoms with Crippen LogP contribution in [-0.2, 0) is 20.5 Å². The van der Waals surface area contributed by atoms with Crippen LogP contribution < -0.4 is 0 Å². The van der Waals surface area contributed by atoms with Gasteiger partial charge in [-0.1, -0.05) is 0 Å².